The minimum Gasteiger partial charge on any atom is -0.493 e. The highest BCUT2D eigenvalue weighted by Crippen LogP contribution is 2.32. The van der Waals surface area contributed by atoms with Gasteiger partial charge in [-0.2, -0.15) is 0 Å². The first-order chi connectivity index (χ1) is 22.1. The molecule has 4 aromatic rings. The Labute approximate surface area is 269 Å². The number of ether oxygens (including phenoxy) is 4. The van der Waals surface area contributed by atoms with E-state index in [1.54, 1.807) is 56.3 Å². The van der Waals surface area contributed by atoms with Gasteiger partial charge >= 0.3 is 11.9 Å². The number of fused-ring (bicyclic) bond motifs is 1. The van der Waals surface area contributed by atoms with Crippen molar-refractivity contribution in [3.05, 3.63) is 120 Å². The SMILES string of the molecule is CCOC(=O)C1=C(C)N=c2s/c(=C\c3ccc(OCc4cccc(C(=O)O)c4)c(OC)c3)c(=O)n2[C@@H]1c1ccc(OC(C)C)cc1. The molecule has 0 aliphatic carbocycles. The summed E-state index contributed by atoms with van der Waals surface area (Å²) in [4.78, 5) is 43.6. The Hall–Kier alpha value is -5.16. The van der Waals surface area contributed by atoms with Crippen LogP contribution in [0.4, 0.5) is 0 Å². The maximum Gasteiger partial charge on any atom is 0.338 e. The van der Waals surface area contributed by atoms with Gasteiger partial charge in [0.15, 0.2) is 16.3 Å². The van der Waals surface area contributed by atoms with Gasteiger partial charge in [-0.25, -0.2) is 14.6 Å². The molecule has 11 heteroatoms. The molecule has 0 bridgehead atoms. The average Bonchev–Trinajstić information content (AvgIpc) is 3.33. The van der Waals surface area contributed by atoms with E-state index in [2.05, 4.69) is 4.99 Å². The smallest absolute Gasteiger partial charge is 0.338 e. The van der Waals surface area contributed by atoms with Gasteiger partial charge in [0.2, 0.25) is 0 Å². The molecule has 0 spiro atoms. The highest BCUT2D eigenvalue weighted by atomic mass is 32.1. The Morgan fingerprint density at radius 2 is 1.83 bits per heavy atom. The van der Waals surface area contributed by atoms with Crippen LogP contribution in [0.25, 0.3) is 6.08 Å². The van der Waals surface area contributed by atoms with E-state index in [4.69, 9.17) is 18.9 Å². The minimum absolute atomic E-state index is 0.00380. The molecule has 1 aromatic heterocycles. The second-order valence-corrected chi connectivity index (χ2v) is 11.8. The van der Waals surface area contributed by atoms with E-state index in [-0.39, 0.29) is 30.4 Å². The van der Waals surface area contributed by atoms with Crippen molar-refractivity contribution in [1.29, 1.82) is 0 Å². The fourth-order valence-electron chi connectivity index (χ4n) is 5.11. The predicted octanol–water partition coefficient (Wildman–Crippen LogP) is 4.87. The fraction of sp³-hybridized carbons (Fsp3) is 0.257. The topological polar surface area (TPSA) is 126 Å². The highest BCUT2D eigenvalue weighted by molar-refractivity contribution is 7.07. The highest BCUT2D eigenvalue weighted by Gasteiger charge is 2.33. The zero-order valence-electron chi connectivity index (χ0n) is 26.1. The van der Waals surface area contributed by atoms with Gasteiger partial charge in [-0.1, -0.05) is 41.7 Å². The summed E-state index contributed by atoms with van der Waals surface area (Å²) in [5.74, 6) is 0.0430. The molecule has 0 unspecified atom stereocenters. The second kappa shape index (κ2) is 13.9. The summed E-state index contributed by atoms with van der Waals surface area (Å²) in [6.45, 7) is 7.68. The number of hydrogen-bond donors (Lipinski definition) is 1. The van der Waals surface area contributed by atoms with E-state index in [1.165, 1.54) is 29.1 Å². The Morgan fingerprint density at radius 1 is 1.07 bits per heavy atom. The summed E-state index contributed by atoms with van der Waals surface area (Å²) in [5.41, 5.74) is 2.76. The van der Waals surface area contributed by atoms with Crippen LogP contribution in [0.5, 0.6) is 17.2 Å². The quantitative estimate of drug-likeness (QED) is 0.230. The van der Waals surface area contributed by atoms with Crippen molar-refractivity contribution in [3.8, 4) is 17.2 Å². The van der Waals surface area contributed by atoms with Crippen LogP contribution < -0.4 is 29.1 Å². The normalized spacial score (nSPS) is 14.5. The van der Waals surface area contributed by atoms with Gasteiger partial charge in [-0.05, 0) is 86.9 Å². The van der Waals surface area contributed by atoms with Gasteiger partial charge in [0.05, 0.1) is 47.2 Å². The van der Waals surface area contributed by atoms with Crippen LogP contribution in [0, 0.1) is 0 Å². The molecule has 1 aliphatic heterocycles. The first-order valence-electron chi connectivity index (χ1n) is 14.7. The van der Waals surface area contributed by atoms with Crippen molar-refractivity contribution < 1.29 is 33.6 Å². The number of aromatic carboxylic acids is 1. The molecule has 238 valence electrons. The molecule has 2 heterocycles. The fourth-order valence-corrected chi connectivity index (χ4v) is 6.15. The van der Waals surface area contributed by atoms with E-state index < -0.39 is 18.0 Å². The van der Waals surface area contributed by atoms with Gasteiger partial charge in [-0.15, -0.1) is 0 Å². The number of carbonyl (C=O) groups excluding carboxylic acids is 1. The molecule has 0 radical (unpaired) electrons. The summed E-state index contributed by atoms with van der Waals surface area (Å²) >= 11 is 1.22. The number of carboxylic acid groups (broad SMARTS) is 1. The molecule has 0 saturated heterocycles. The number of aromatic nitrogens is 1. The first-order valence-corrected chi connectivity index (χ1v) is 15.5. The van der Waals surface area contributed by atoms with Crippen LogP contribution >= 0.6 is 11.3 Å². The molecule has 10 nitrogen and oxygen atoms in total. The molecular weight excluding hydrogens is 608 g/mol. The molecule has 46 heavy (non-hydrogen) atoms. The number of esters is 1. The first kappa shape index (κ1) is 32.2. The van der Waals surface area contributed by atoms with Crippen molar-refractivity contribution in [1.82, 2.24) is 4.57 Å². The zero-order valence-corrected chi connectivity index (χ0v) is 26.9. The average molecular weight is 643 g/mol. The van der Waals surface area contributed by atoms with Crippen molar-refractivity contribution in [3.63, 3.8) is 0 Å². The molecule has 1 N–H and O–H groups in total. The summed E-state index contributed by atoms with van der Waals surface area (Å²) in [7, 11) is 1.52. The number of rotatable bonds is 11. The molecule has 0 amide bonds. The lowest BCUT2D eigenvalue weighted by Crippen LogP contribution is -2.39. The number of nitrogens with zero attached hydrogens (tertiary/aromatic N) is 2. The summed E-state index contributed by atoms with van der Waals surface area (Å²) in [5, 5.41) is 9.26. The summed E-state index contributed by atoms with van der Waals surface area (Å²) in [6, 6.07) is 18.4. The lowest BCUT2D eigenvalue weighted by atomic mass is 9.96. The van der Waals surface area contributed by atoms with Crippen LogP contribution in [-0.4, -0.2) is 41.4 Å². The molecule has 0 saturated carbocycles. The summed E-state index contributed by atoms with van der Waals surface area (Å²) < 4.78 is 24.6. The maximum atomic E-state index is 14.0. The molecule has 1 atom stereocenters. The number of carboxylic acids is 1. The van der Waals surface area contributed by atoms with Crippen molar-refractivity contribution >= 4 is 29.4 Å². The van der Waals surface area contributed by atoms with E-state index in [1.807, 2.05) is 38.1 Å². The van der Waals surface area contributed by atoms with Gasteiger partial charge in [0.25, 0.3) is 5.56 Å². The maximum absolute atomic E-state index is 14.0. The number of allylic oxidation sites excluding steroid dienone is 1. The van der Waals surface area contributed by atoms with Gasteiger partial charge in [0, 0.05) is 0 Å². The van der Waals surface area contributed by atoms with Crippen LogP contribution in [-0.2, 0) is 16.1 Å². The Morgan fingerprint density at radius 3 is 2.50 bits per heavy atom. The molecule has 1 aliphatic rings. The molecule has 5 rings (SSSR count). The largest absolute Gasteiger partial charge is 0.493 e. The lowest BCUT2D eigenvalue weighted by Gasteiger charge is -2.25. The van der Waals surface area contributed by atoms with E-state index in [0.29, 0.717) is 49.0 Å². The van der Waals surface area contributed by atoms with E-state index >= 15 is 0 Å². The third-order valence-corrected chi connectivity index (χ3v) is 8.12. The molecular formula is C35H34N2O8S. The number of benzene rings is 3. The molecule has 3 aromatic carbocycles. The number of thiazole rings is 1. The Bertz CT molecular complexity index is 1990. The van der Waals surface area contributed by atoms with E-state index in [0.717, 1.165) is 5.56 Å². The third kappa shape index (κ3) is 6.89. The van der Waals surface area contributed by atoms with Crippen LogP contribution in [0.2, 0.25) is 0 Å². The number of hydrogen-bond acceptors (Lipinski definition) is 9. The Balaban J connectivity index is 1.51. The van der Waals surface area contributed by atoms with Crippen LogP contribution in [0.3, 0.4) is 0 Å². The van der Waals surface area contributed by atoms with E-state index in [9.17, 15) is 19.5 Å². The zero-order chi connectivity index (χ0) is 33.0. The summed E-state index contributed by atoms with van der Waals surface area (Å²) in [6.07, 6.45) is 1.74. The second-order valence-electron chi connectivity index (χ2n) is 10.7. The Kier molecular flexibility index (Phi) is 9.72. The van der Waals surface area contributed by atoms with Crippen molar-refractivity contribution in [2.75, 3.05) is 13.7 Å². The van der Waals surface area contributed by atoms with Gasteiger partial charge < -0.3 is 24.1 Å². The van der Waals surface area contributed by atoms with Gasteiger partial charge in [0.1, 0.15) is 12.4 Å². The molecule has 0 fully saturated rings. The lowest BCUT2D eigenvalue weighted by molar-refractivity contribution is -0.139. The van der Waals surface area contributed by atoms with Crippen molar-refractivity contribution in [2.24, 2.45) is 4.99 Å². The monoisotopic (exact) mass is 642 g/mol. The standard InChI is InChI=1S/C35H34N2O8S/c1-6-43-34(41)30-21(4)36-35-37(31(30)24-11-13-26(14-12-24)45-20(2)3)32(38)29(46-35)18-22-10-15-27(28(17-22)42-5)44-19-23-8-7-9-25(16-23)33(39)40/h7-18,20,31H,6,19H2,1-5H3,(H,39,40)/b29-18-/t31-/m1/s1. The van der Waals surface area contributed by atoms with Gasteiger partial charge in [-0.3, -0.25) is 9.36 Å². The van der Waals surface area contributed by atoms with Crippen LogP contribution in [0.15, 0.2) is 87.8 Å². The van der Waals surface area contributed by atoms with Crippen molar-refractivity contribution in [2.45, 2.75) is 46.4 Å². The third-order valence-electron chi connectivity index (χ3n) is 7.14. The number of methoxy groups -OCH3 is 1. The predicted molar refractivity (Wildman–Crippen MR) is 173 cm³/mol. The minimum atomic E-state index is -1.01. The number of carbonyl (C=O) groups is 2. The van der Waals surface area contributed by atoms with Crippen LogP contribution in [0.1, 0.15) is 60.8 Å².